The largest absolute Gasteiger partial charge is 0.488 e. The molecular weight excluding hydrogens is 241 g/mol. The maximum atomic E-state index is 11.8. The van der Waals surface area contributed by atoms with Crippen molar-refractivity contribution in [2.75, 3.05) is 4.72 Å². The van der Waals surface area contributed by atoms with Gasteiger partial charge in [-0.1, -0.05) is 12.1 Å². The van der Waals surface area contributed by atoms with E-state index in [0.29, 0.717) is 18.5 Å². The zero-order valence-corrected chi connectivity index (χ0v) is 10.2. The molecule has 0 amide bonds. The molecule has 1 fully saturated rings. The third-order valence-corrected chi connectivity index (χ3v) is 4.63. The van der Waals surface area contributed by atoms with Crippen LogP contribution in [-0.2, 0) is 10.0 Å². The second-order valence-corrected chi connectivity index (χ2v) is 6.26. The van der Waals surface area contributed by atoms with Gasteiger partial charge in [0.1, 0.15) is 0 Å². The molecule has 0 bridgehead atoms. The summed E-state index contributed by atoms with van der Waals surface area (Å²) in [5, 5.41) is 17.8. The molecule has 0 atom stereocenters. The van der Waals surface area contributed by atoms with Gasteiger partial charge in [-0.25, -0.2) is 8.42 Å². The van der Waals surface area contributed by atoms with Crippen molar-refractivity contribution in [3.8, 4) is 0 Å². The highest BCUT2D eigenvalue weighted by Gasteiger charge is 2.36. The number of rotatable bonds is 4. The quantitative estimate of drug-likeness (QED) is 0.638. The van der Waals surface area contributed by atoms with E-state index in [2.05, 4.69) is 4.72 Å². The van der Waals surface area contributed by atoms with Gasteiger partial charge in [0.2, 0.25) is 10.0 Å². The molecule has 2 rings (SSSR count). The highest BCUT2D eigenvalue weighted by molar-refractivity contribution is 7.93. The lowest BCUT2D eigenvalue weighted by molar-refractivity contribution is 0.426. The first kappa shape index (κ1) is 12.4. The summed E-state index contributed by atoms with van der Waals surface area (Å²) >= 11 is 0. The monoisotopic (exact) mass is 255 g/mol. The predicted octanol–water partition coefficient (Wildman–Crippen LogP) is -0.421. The first-order valence-electron chi connectivity index (χ1n) is 5.38. The van der Waals surface area contributed by atoms with Gasteiger partial charge in [0.15, 0.2) is 0 Å². The van der Waals surface area contributed by atoms with Crippen molar-refractivity contribution in [1.82, 2.24) is 0 Å². The maximum absolute atomic E-state index is 11.8. The lowest BCUT2D eigenvalue weighted by Crippen LogP contribution is -2.30. The number of benzene rings is 1. The van der Waals surface area contributed by atoms with Crippen molar-refractivity contribution < 1.29 is 18.5 Å². The van der Waals surface area contributed by atoms with Crippen molar-refractivity contribution in [1.29, 1.82) is 0 Å². The Balaban J connectivity index is 2.28. The number of sulfonamides is 1. The van der Waals surface area contributed by atoms with E-state index in [1.807, 2.05) is 0 Å². The molecule has 1 aromatic carbocycles. The van der Waals surface area contributed by atoms with Crippen LogP contribution in [-0.4, -0.2) is 30.8 Å². The zero-order chi connectivity index (χ0) is 12.6. The minimum Gasteiger partial charge on any atom is -0.423 e. The van der Waals surface area contributed by atoms with Crippen molar-refractivity contribution in [3.05, 3.63) is 23.8 Å². The van der Waals surface area contributed by atoms with Crippen molar-refractivity contribution in [2.24, 2.45) is 0 Å². The van der Waals surface area contributed by atoms with Gasteiger partial charge in [0, 0.05) is 0 Å². The summed E-state index contributed by atoms with van der Waals surface area (Å²) < 4.78 is 26.0. The number of aryl methyl sites for hydroxylation is 1. The lowest BCUT2D eigenvalue weighted by atomic mass is 9.80. The second-order valence-electron chi connectivity index (χ2n) is 4.29. The van der Waals surface area contributed by atoms with Gasteiger partial charge in [-0.3, -0.25) is 4.72 Å². The van der Waals surface area contributed by atoms with Crippen LogP contribution < -0.4 is 10.2 Å². The summed E-state index contributed by atoms with van der Waals surface area (Å²) in [4.78, 5) is 0. The van der Waals surface area contributed by atoms with Gasteiger partial charge >= 0.3 is 7.12 Å². The van der Waals surface area contributed by atoms with Crippen molar-refractivity contribution >= 4 is 28.3 Å². The SMILES string of the molecule is Cc1ccc(B(O)O)cc1NS(=O)(=O)C1CC1. The fourth-order valence-corrected chi connectivity index (χ4v) is 2.97. The van der Waals surface area contributed by atoms with Crippen LogP contribution in [0.4, 0.5) is 5.69 Å². The Morgan fingerprint density at radius 1 is 1.35 bits per heavy atom. The Morgan fingerprint density at radius 3 is 2.53 bits per heavy atom. The van der Waals surface area contributed by atoms with Gasteiger partial charge < -0.3 is 10.0 Å². The molecule has 1 saturated carbocycles. The van der Waals surface area contributed by atoms with Crippen molar-refractivity contribution in [3.63, 3.8) is 0 Å². The molecule has 1 aromatic rings. The highest BCUT2D eigenvalue weighted by atomic mass is 32.2. The minimum absolute atomic E-state index is 0.268. The van der Waals surface area contributed by atoms with Gasteiger partial charge in [-0.05, 0) is 36.9 Å². The fraction of sp³-hybridized carbons (Fsp3) is 0.400. The summed E-state index contributed by atoms with van der Waals surface area (Å²) in [5.74, 6) is 0. The van der Waals surface area contributed by atoms with E-state index >= 15 is 0 Å². The molecule has 17 heavy (non-hydrogen) atoms. The van der Waals surface area contributed by atoms with Crippen LogP contribution in [0, 0.1) is 6.92 Å². The molecule has 0 radical (unpaired) electrons. The van der Waals surface area contributed by atoms with Crippen LogP contribution in [0.15, 0.2) is 18.2 Å². The first-order valence-corrected chi connectivity index (χ1v) is 6.93. The standard InChI is InChI=1S/C10H14BNO4S/c1-7-2-3-8(11(13)14)6-10(7)12-17(15,16)9-4-5-9/h2-3,6,9,12-14H,4-5H2,1H3. The Labute approximate surface area is 101 Å². The fourth-order valence-electron chi connectivity index (χ4n) is 1.53. The summed E-state index contributed by atoms with van der Waals surface area (Å²) in [5.41, 5.74) is 1.42. The van der Waals surface area contributed by atoms with Gasteiger partial charge in [0.25, 0.3) is 0 Å². The van der Waals surface area contributed by atoms with Crippen LogP contribution in [0.2, 0.25) is 0 Å². The van der Waals surface area contributed by atoms with E-state index in [1.165, 1.54) is 6.07 Å². The van der Waals surface area contributed by atoms with Gasteiger partial charge in [-0.2, -0.15) is 0 Å². The molecule has 5 nitrogen and oxygen atoms in total. The molecule has 0 spiro atoms. The lowest BCUT2D eigenvalue weighted by Gasteiger charge is -2.11. The molecule has 0 heterocycles. The minimum atomic E-state index is -3.32. The zero-order valence-electron chi connectivity index (χ0n) is 9.42. The number of hydrogen-bond acceptors (Lipinski definition) is 4. The third-order valence-electron chi connectivity index (χ3n) is 2.78. The van der Waals surface area contributed by atoms with Gasteiger partial charge in [0.05, 0.1) is 10.9 Å². The summed E-state index contributed by atoms with van der Waals surface area (Å²) in [6.45, 7) is 1.76. The molecule has 0 aliphatic heterocycles. The Bertz CT molecular complexity index is 525. The van der Waals surface area contributed by atoms with E-state index < -0.39 is 17.1 Å². The summed E-state index contributed by atoms with van der Waals surface area (Å²) in [6, 6.07) is 4.65. The van der Waals surface area contributed by atoms with E-state index in [0.717, 1.165) is 5.56 Å². The molecule has 7 heteroatoms. The third kappa shape index (κ3) is 2.80. The van der Waals surface area contributed by atoms with Crippen LogP contribution in [0.25, 0.3) is 0 Å². The van der Waals surface area contributed by atoms with Gasteiger partial charge in [-0.15, -0.1) is 0 Å². The number of anilines is 1. The average molecular weight is 255 g/mol. The van der Waals surface area contributed by atoms with E-state index in [-0.39, 0.29) is 10.7 Å². The molecule has 1 aliphatic rings. The van der Waals surface area contributed by atoms with E-state index in [9.17, 15) is 8.42 Å². The molecule has 92 valence electrons. The predicted molar refractivity (Wildman–Crippen MR) is 66.6 cm³/mol. The maximum Gasteiger partial charge on any atom is 0.488 e. The molecule has 1 aliphatic carbocycles. The normalized spacial score (nSPS) is 15.7. The first-order chi connectivity index (χ1) is 7.90. The topological polar surface area (TPSA) is 86.6 Å². The summed E-state index contributed by atoms with van der Waals surface area (Å²) in [6.07, 6.45) is 1.38. The summed E-state index contributed by atoms with van der Waals surface area (Å²) in [7, 11) is -4.92. The number of nitrogens with one attached hydrogen (secondary N) is 1. The van der Waals surface area contributed by atoms with Crippen LogP contribution in [0.5, 0.6) is 0 Å². The Kier molecular flexibility index (Phi) is 3.16. The Morgan fingerprint density at radius 2 is 2.00 bits per heavy atom. The molecule has 0 unspecified atom stereocenters. The van der Waals surface area contributed by atoms with Crippen molar-refractivity contribution in [2.45, 2.75) is 25.0 Å². The average Bonchev–Trinajstić information content (AvgIpc) is 3.04. The highest BCUT2D eigenvalue weighted by Crippen LogP contribution is 2.30. The second kappa shape index (κ2) is 4.32. The molecule has 3 N–H and O–H groups in total. The van der Waals surface area contributed by atoms with Crippen LogP contribution >= 0.6 is 0 Å². The molecule has 0 aromatic heterocycles. The van der Waals surface area contributed by atoms with Crippen LogP contribution in [0.1, 0.15) is 18.4 Å². The smallest absolute Gasteiger partial charge is 0.423 e. The van der Waals surface area contributed by atoms with E-state index in [1.54, 1.807) is 19.1 Å². The number of hydrogen-bond donors (Lipinski definition) is 3. The van der Waals surface area contributed by atoms with Crippen LogP contribution in [0.3, 0.4) is 0 Å². The Hall–Kier alpha value is -1.05. The molecular formula is C10H14BNO4S. The van der Waals surface area contributed by atoms with E-state index in [4.69, 9.17) is 10.0 Å². The molecule has 0 saturated heterocycles.